The maximum Gasteiger partial charge on any atom is 0.488 e. The van der Waals surface area contributed by atoms with Crippen molar-refractivity contribution in [2.75, 3.05) is 37.1 Å². The molecule has 0 aliphatic heterocycles. The molecule has 692 valence electrons. The summed E-state index contributed by atoms with van der Waals surface area (Å²) in [5, 5.41) is 20.4. The second kappa shape index (κ2) is 48.9. The monoisotopic (exact) mass is 2180 g/mol. The second-order valence-corrected chi connectivity index (χ2v) is 41.1. The first-order chi connectivity index (χ1) is 62.5. The molecule has 5 aromatic carbocycles. The molecule has 0 fully saturated rings. The highest BCUT2D eigenvalue weighted by Gasteiger charge is 2.24. The summed E-state index contributed by atoms with van der Waals surface area (Å²) in [7, 11) is -11.3. The Morgan fingerprint density at radius 3 is 0.895 bits per heavy atom. The van der Waals surface area contributed by atoms with Gasteiger partial charge in [0.1, 0.15) is 54.5 Å². The van der Waals surface area contributed by atoms with Crippen LogP contribution in [0.4, 0.5) is 40.7 Å². The standard InChI is InChI=1S/C19H18ClN3O2S.C18H15BrClN3O2S.C18H17ClN4O2S.C13H13ClN2.C8H11BO2.C6H6ClNO2S.C5H4BrClN2.C5H5BrN2/c1-12-5-4-6-13(2)18(12)19-16(20)7-8-17(22-19)23-26(24,25)15-9-10-21-14(3)11-15;1-11-4-3-5-12(2)17(11)18-14(20)6-7-16(22-18)23-26(24,25)13-8-9-21-15(19)10-13;1-11-4-3-5-12(2)17(11)18-14(19)6-7-16(22-18)23-26(24,25)13-8-9-21-15(20)10-13;1-8-4-3-5-9(2)12(8)13-10(14)6-7-11(15)16-13;1-6-4-3-5-7(2)8(6)9(10)11;1-5-4-6(2-3-8-5)11(7,9)10;6-5-3(7)1-2-4(8)9-5;6-4-2-1-3-5(7)8-4/h4-11H,1-3H3,(H,22,23);3-10H,1-2H3,(H,22,23);3-10H,1-2H3,(H2,20,21)(H,22,23);3-7H,1-2H3,(H2,15,16);3-5,10-11H,1-2H3;2-4H,1H3;1-2H,(H2,8,9);1-3H,(H2,7,8). The van der Waals surface area contributed by atoms with Crippen molar-refractivity contribution in [2.45, 2.75) is 103 Å². The minimum Gasteiger partial charge on any atom is -0.423 e. The van der Waals surface area contributed by atoms with Crippen molar-refractivity contribution in [1.29, 1.82) is 0 Å². The van der Waals surface area contributed by atoms with E-state index in [1.54, 1.807) is 68.4 Å². The van der Waals surface area contributed by atoms with E-state index in [0.29, 0.717) is 85.7 Å². The van der Waals surface area contributed by atoms with Gasteiger partial charge in [-0.2, -0.15) is 0 Å². The zero-order valence-electron chi connectivity index (χ0n) is 73.1. The average molecular weight is 2180 g/mol. The Morgan fingerprint density at radius 1 is 0.301 bits per heavy atom. The van der Waals surface area contributed by atoms with Crippen LogP contribution in [0.15, 0.2) is 277 Å². The van der Waals surface area contributed by atoms with Gasteiger partial charge in [-0.1, -0.05) is 166 Å². The summed E-state index contributed by atoms with van der Waals surface area (Å²) in [6, 6.07) is 62.3. The summed E-state index contributed by atoms with van der Waals surface area (Å²) in [6.07, 6.45) is 5.61. The van der Waals surface area contributed by atoms with Gasteiger partial charge in [-0.25, -0.2) is 73.5 Å². The molecule has 133 heavy (non-hydrogen) atoms. The molecule has 27 nitrogen and oxygen atoms in total. The first-order valence-corrected chi connectivity index (χ1v) is 50.3. The minimum atomic E-state index is -3.84. The molecule has 13 N–H and O–H groups in total. The van der Waals surface area contributed by atoms with Crippen molar-refractivity contribution >= 4 is 209 Å². The summed E-state index contributed by atoms with van der Waals surface area (Å²) in [5.74, 6) is 2.19. The third kappa shape index (κ3) is 31.6. The van der Waals surface area contributed by atoms with E-state index in [1.807, 2.05) is 172 Å². The number of aryl methyl sites for hydroxylation is 12. The molecule has 0 unspecified atom stereocenters. The van der Waals surface area contributed by atoms with Crippen molar-refractivity contribution < 1.29 is 43.7 Å². The number of nitrogens with zero attached hydrogens (tertiary/aromatic N) is 10. The van der Waals surface area contributed by atoms with Gasteiger partial charge in [0.25, 0.3) is 39.1 Å². The van der Waals surface area contributed by atoms with Gasteiger partial charge in [0.15, 0.2) is 0 Å². The van der Waals surface area contributed by atoms with E-state index in [2.05, 4.69) is 112 Å². The number of sulfonamides is 3. The highest BCUT2D eigenvalue weighted by Crippen LogP contribution is 2.38. The van der Waals surface area contributed by atoms with Crippen LogP contribution in [-0.4, -0.2) is 101 Å². The summed E-state index contributed by atoms with van der Waals surface area (Å²) in [5.41, 5.74) is 40.1. The van der Waals surface area contributed by atoms with Crippen LogP contribution in [0.2, 0.25) is 25.1 Å². The number of anilines is 7. The largest absolute Gasteiger partial charge is 0.488 e. The smallest absolute Gasteiger partial charge is 0.423 e. The molecule has 0 saturated carbocycles. The molecule has 41 heteroatoms. The van der Waals surface area contributed by atoms with Crippen LogP contribution in [0.3, 0.4) is 0 Å². The third-order valence-electron chi connectivity index (χ3n) is 18.8. The van der Waals surface area contributed by atoms with Gasteiger partial charge in [-0.3, -0.25) is 24.1 Å². The number of rotatable bonds is 15. The number of aromatic nitrogens is 10. The van der Waals surface area contributed by atoms with Crippen molar-refractivity contribution in [2.24, 2.45) is 0 Å². The zero-order chi connectivity index (χ0) is 98.1. The van der Waals surface area contributed by atoms with Gasteiger partial charge in [-0.15, -0.1) is 0 Å². The molecule has 0 spiro atoms. The van der Waals surface area contributed by atoms with Crippen molar-refractivity contribution in [3.8, 4) is 45.0 Å². The predicted molar refractivity (Wildman–Crippen MR) is 548 cm³/mol. The molecule has 10 aromatic heterocycles. The van der Waals surface area contributed by atoms with Crippen LogP contribution in [-0.2, 0) is 39.1 Å². The predicted octanol–water partition coefficient (Wildman–Crippen LogP) is 21.7. The zero-order valence-corrected chi connectivity index (χ0v) is 85.7. The lowest BCUT2D eigenvalue weighted by atomic mass is 9.74. The molecule has 15 rings (SSSR count). The van der Waals surface area contributed by atoms with Crippen LogP contribution in [0, 0.1) is 83.1 Å². The van der Waals surface area contributed by atoms with Crippen molar-refractivity contribution in [3.63, 3.8) is 0 Å². The highest BCUT2D eigenvalue weighted by atomic mass is 79.9. The van der Waals surface area contributed by atoms with E-state index < -0.39 is 46.2 Å². The van der Waals surface area contributed by atoms with Crippen LogP contribution >= 0.6 is 116 Å². The number of pyridine rings is 10. The van der Waals surface area contributed by atoms with E-state index in [0.717, 1.165) is 88.2 Å². The fourth-order valence-corrected chi connectivity index (χ4v) is 18.6. The van der Waals surface area contributed by atoms with E-state index in [-0.39, 0.29) is 42.9 Å². The molecular formula is C92H89BBr3Cl6N17O10S4. The second-order valence-electron chi connectivity index (χ2n) is 29.0. The molecule has 0 aliphatic carbocycles. The van der Waals surface area contributed by atoms with E-state index in [4.69, 9.17) is 102 Å². The molecular weight excluding hydrogens is 2090 g/mol. The number of nitrogens with two attached hydrogens (primary N) is 4. The van der Waals surface area contributed by atoms with Crippen molar-refractivity contribution in [1.82, 2.24) is 49.8 Å². The molecule has 0 radical (unpaired) electrons. The number of hydrogen-bond donors (Lipinski definition) is 9. The molecule has 0 atom stereocenters. The summed E-state index contributed by atoms with van der Waals surface area (Å²) in [6.45, 7) is 23.0. The van der Waals surface area contributed by atoms with Gasteiger partial charge in [0.2, 0.25) is 0 Å². The Bertz CT molecular complexity index is 6670. The lowest BCUT2D eigenvalue weighted by Gasteiger charge is -2.13. The number of nitrogens with one attached hydrogen (secondary N) is 3. The maximum atomic E-state index is 12.6. The maximum absolute atomic E-state index is 12.6. The van der Waals surface area contributed by atoms with Crippen LogP contribution in [0.1, 0.15) is 67.0 Å². The van der Waals surface area contributed by atoms with Gasteiger partial charge in [-0.05, 0) is 296 Å². The third-order valence-corrected chi connectivity index (χ3v) is 27.4. The summed E-state index contributed by atoms with van der Waals surface area (Å²) < 4.78 is 106. The molecule has 0 aliphatic rings. The Kier molecular flexibility index (Phi) is 39.5. The van der Waals surface area contributed by atoms with Crippen LogP contribution in [0.5, 0.6) is 0 Å². The molecule has 0 amide bonds. The molecule has 0 bridgehead atoms. The van der Waals surface area contributed by atoms with Gasteiger partial charge >= 0.3 is 7.12 Å². The fraction of sp³-hybridized carbons (Fsp3) is 0.130. The Labute approximate surface area is 828 Å². The molecule has 15 aromatic rings. The first-order valence-electron chi connectivity index (χ1n) is 39.3. The minimum absolute atomic E-state index is 0.00960. The quantitative estimate of drug-likeness (QED) is 0.0261. The molecule has 10 heterocycles. The van der Waals surface area contributed by atoms with Crippen LogP contribution in [0.25, 0.3) is 45.0 Å². The van der Waals surface area contributed by atoms with E-state index in [9.17, 15) is 33.7 Å². The Hall–Kier alpha value is -10.8. The van der Waals surface area contributed by atoms with Crippen LogP contribution < -0.4 is 42.6 Å². The van der Waals surface area contributed by atoms with Crippen molar-refractivity contribution in [3.05, 3.63) is 349 Å². The fourth-order valence-electron chi connectivity index (χ4n) is 12.6. The number of nitrogen functional groups attached to an aromatic ring is 4. The van der Waals surface area contributed by atoms with Gasteiger partial charge < -0.3 is 33.0 Å². The normalized spacial score (nSPS) is 10.9. The SMILES string of the molecule is Cc1cc(S(=O)(=O)Cl)ccn1.Cc1cc(S(=O)(=O)Nc2ccc(Cl)c(-c3c(C)cccc3C)n2)ccn1.Cc1cccc(C)c1-c1nc(N)ccc1Cl.Cc1cccc(C)c1-c1nc(NS(=O)(=O)c2ccnc(Br)c2)ccc1Cl.Cc1cccc(C)c1-c1nc(NS(=O)(=O)c2ccnc(N)c2)ccc1Cl.Cc1cccc(C)c1B(O)O.Nc1ccc(Cl)c(Br)n1.Nc1cccc(Br)n1. The van der Waals surface area contributed by atoms with Gasteiger partial charge in [0, 0.05) is 75.2 Å². The lowest BCUT2D eigenvalue weighted by Crippen LogP contribution is -2.34. The topological polar surface area (TPSA) is 446 Å². The Balaban J connectivity index is 0.000000194. The number of hydrogen-bond acceptors (Lipinski definition) is 24. The lowest BCUT2D eigenvalue weighted by molar-refractivity contribution is 0.425. The Morgan fingerprint density at radius 2 is 0.594 bits per heavy atom. The van der Waals surface area contributed by atoms with Gasteiger partial charge in [0.05, 0.1) is 67.5 Å². The average Bonchev–Trinajstić information content (AvgIpc) is 0.806. The number of benzene rings is 5. The summed E-state index contributed by atoms with van der Waals surface area (Å²) >= 11 is 40.2. The number of halogens is 9. The molecule has 0 saturated heterocycles. The highest BCUT2D eigenvalue weighted by molar-refractivity contribution is 9.11. The van der Waals surface area contributed by atoms with E-state index >= 15 is 0 Å². The first kappa shape index (κ1) is 108. The van der Waals surface area contributed by atoms with E-state index in [1.165, 1.54) is 85.5 Å². The summed E-state index contributed by atoms with van der Waals surface area (Å²) in [4.78, 5) is 41.3.